The topological polar surface area (TPSA) is 90.0 Å². The number of cyclic esters (lactones) is 1. The third kappa shape index (κ3) is 4.29. The van der Waals surface area contributed by atoms with E-state index in [0.717, 1.165) is 17.4 Å². The van der Waals surface area contributed by atoms with Crippen LogP contribution in [-0.2, 0) is 28.6 Å². The number of para-hydroxylation sites is 1. The first-order valence-corrected chi connectivity index (χ1v) is 8.89. The van der Waals surface area contributed by atoms with Gasteiger partial charge in [-0.2, -0.15) is 8.42 Å². The van der Waals surface area contributed by atoms with Crippen LogP contribution < -0.4 is 4.90 Å². The second-order valence-corrected chi connectivity index (χ2v) is 7.16. The summed E-state index contributed by atoms with van der Waals surface area (Å²) in [6.45, 7) is 3.16. The molecule has 0 aliphatic carbocycles. The summed E-state index contributed by atoms with van der Waals surface area (Å²) < 4.78 is 31.8. The number of esters is 1. The summed E-state index contributed by atoms with van der Waals surface area (Å²) in [7, 11) is -3.74. The zero-order valence-electron chi connectivity index (χ0n) is 13.2. The lowest BCUT2D eigenvalue weighted by Gasteiger charge is -2.30. The van der Waals surface area contributed by atoms with Gasteiger partial charge in [-0.15, -0.1) is 0 Å². The first-order chi connectivity index (χ1) is 10.7. The maximum Gasteiger partial charge on any atom is 0.308 e. The van der Waals surface area contributed by atoms with Gasteiger partial charge in [0.15, 0.2) is 0 Å². The highest BCUT2D eigenvalue weighted by Gasteiger charge is 2.35. The van der Waals surface area contributed by atoms with Gasteiger partial charge in [0.05, 0.1) is 24.4 Å². The Morgan fingerprint density at radius 1 is 1.35 bits per heavy atom. The number of nitrogens with zero attached hydrogens (tertiary/aromatic N) is 1. The summed E-state index contributed by atoms with van der Waals surface area (Å²) in [5, 5.41) is 0. The number of aryl methyl sites for hydroxylation is 2. The van der Waals surface area contributed by atoms with E-state index in [-0.39, 0.29) is 19.0 Å². The minimum Gasteiger partial charge on any atom is -0.463 e. The highest BCUT2D eigenvalue weighted by Crippen LogP contribution is 2.29. The zero-order valence-corrected chi connectivity index (χ0v) is 14.1. The van der Waals surface area contributed by atoms with Crippen molar-refractivity contribution in [3.8, 4) is 0 Å². The van der Waals surface area contributed by atoms with E-state index in [9.17, 15) is 18.0 Å². The molecule has 0 spiro atoms. The summed E-state index contributed by atoms with van der Waals surface area (Å²) in [6, 6.07) is 5.08. The lowest BCUT2D eigenvalue weighted by atomic mass is 10.0. The van der Waals surface area contributed by atoms with Crippen LogP contribution in [0.25, 0.3) is 0 Å². The fourth-order valence-electron chi connectivity index (χ4n) is 2.59. The van der Waals surface area contributed by atoms with Crippen molar-refractivity contribution in [3.63, 3.8) is 0 Å². The van der Waals surface area contributed by atoms with Crippen molar-refractivity contribution in [1.82, 2.24) is 0 Å². The molecule has 7 nitrogen and oxygen atoms in total. The van der Waals surface area contributed by atoms with Crippen molar-refractivity contribution >= 4 is 27.7 Å². The predicted molar refractivity (Wildman–Crippen MR) is 83.6 cm³/mol. The molecular weight excluding hydrogens is 322 g/mol. The molecule has 0 bridgehead atoms. The van der Waals surface area contributed by atoms with E-state index in [4.69, 9.17) is 4.74 Å². The predicted octanol–water partition coefficient (Wildman–Crippen LogP) is 0.928. The second kappa shape index (κ2) is 6.67. The molecule has 1 heterocycles. The Morgan fingerprint density at radius 3 is 2.43 bits per heavy atom. The molecule has 1 aromatic rings. The van der Waals surface area contributed by atoms with E-state index >= 15 is 0 Å². The van der Waals surface area contributed by atoms with Gasteiger partial charge in [0.2, 0.25) is 0 Å². The Balaban J connectivity index is 2.36. The van der Waals surface area contributed by atoms with Crippen LogP contribution >= 0.6 is 0 Å². The molecule has 1 aromatic carbocycles. The molecule has 1 fully saturated rings. The maximum atomic E-state index is 12.6. The number of ether oxygens (including phenoxy) is 1. The fourth-order valence-corrected chi connectivity index (χ4v) is 2.90. The van der Waals surface area contributed by atoms with Crippen molar-refractivity contribution in [1.29, 1.82) is 0 Å². The molecule has 8 heteroatoms. The molecule has 1 aliphatic heterocycles. The van der Waals surface area contributed by atoms with Crippen LogP contribution in [0.5, 0.6) is 0 Å². The van der Waals surface area contributed by atoms with Gasteiger partial charge in [0.1, 0.15) is 13.2 Å². The van der Waals surface area contributed by atoms with Gasteiger partial charge in [-0.3, -0.25) is 13.8 Å². The number of anilines is 1. The zero-order chi connectivity index (χ0) is 17.2. The number of carbonyl (C=O) groups is 2. The van der Waals surface area contributed by atoms with Gasteiger partial charge >= 0.3 is 5.97 Å². The van der Waals surface area contributed by atoms with Gasteiger partial charge in [0, 0.05) is 0 Å². The van der Waals surface area contributed by atoms with E-state index < -0.39 is 28.7 Å². The number of benzene rings is 1. The summed E-state index contributed by atoms with van der Waals surface area (Å²) >= 11 is 0. The van der Waals surface area contributed by atoms with Crippen LogP contribution in [0.1, 0.15) is 17.5 Å². The number of carbonyl (C=O) groups excluding carboxylic acids is 2. The van der Waals surface area contributed by atoms with Gasteiger partial charge in [0.25, 0.3) is 16.0 Å². The van der Waals surface area contributed by atoms with Crippen LogP contribution in [0.4, 0.5) is 5.69 Å². The van der Waals surface area contributed by atoms with E-state index in [1.807, 2.05) is 32.0 Å². The van der Waals surface area contributed by atoms with Crippen LogP contribution in [0.15, 0.2) is 18.2 Å². The third-order valence-corrected chi connectivity index (χ3v) is 4.10. The number of amides is 1. The Bertz CT molecular complexity index is 707. The smallest absolute Gasteiger partial charge is 0.308 e. The molecule has 0 radical (unpaired) electrons. The highest BCUT2D eigenvalue weighted by atomic mass is 32.2. The quantitative estimate of drug-likeness (QED) is 0.584. The molecule has 1 aliphatic rings. The summed E-state index contributed by atoms with van der Waals surface area (Å²) in [4.78, 5) is 25.4. The summed E-state index contributed by atoms with van der Waals surface area (Å²) in [5.41, 5.74) is 2.34. The highest BCUT2D eigenvalue weighted by molar-refractivity contribution is 7.86. The molecule has 0 N–H and O–H groups in total. The molecule has 126 valence electrons. The van der Waals surface area contributed by atoms with Gasteiger partial charge < -0.3 is 9.64 Å². The lowest BCUT2D eigenvalue weighted by molar-refractivity contribution is -0.138. The Morgan fingerprint density at radius 2 is 1.96 bits per heavy atom. The Kier molecular flexibility index (Phi) is 5.06. The van der Waals surface area contributed by atoms with E-state index in [0.29, 0.717) is 5.69 Å². The molecule has 1 amide bonds. The first kappa shape index (κ1) is 17.4. The standard InChI is InChI=1S/C15H19NO6S/c1-10-5-4-6-11(2)15(10)16(12-7-14(18)21-8-12)13(17)9-22-23(3,19)20/h4-6,12H,7-9H2,1-3H3. The molecule has 23 heavy (non-hydrogen) atoms. The number of rotatable bonds is 5. The second-order valence-electron chi connectivity index (χ2n) is 5.51. The lowest BCUT2D eigenvalue weighted by Crippen LogP contribution is -2.44. The molecule has 1 saturated heterocycles. The average molecular weight is 341 g/mol. The van der Waals surface area contributed by atoms with E-state index in [2.05, 4.69) is 4.18 Å². The normalized spacial score (nSPS) is 17.9. The SMILES string of the molecule is Cc1cccc(C)c1N(C(=O)COS(C)(=O)=O)C1COC(=O)C1. The van der Waals surface area contributed by atoms with Crippen LogP contribution in [0, 0.1) is 13.8 Å². The largest absolute Gasteiger partial charge is 0.463 e. The third-order valence-electron chi connectivity index (χ3n) is 3.55. The average Bonchev–Trinajstić information content (AvgIpc) is 2.86. The molecule has 0 saturated carbocycles. The molecule has 1 atom stereocenters. The minimum atomic E-state index is -3.74. The van der Waals surface area contributed by atoms with Crippen molar-refractivity contribution in [2.75, 3.05) is 24.4 Å². The van der Waals surface area contributed by atoms with Crippen LogP contribution in [-0.4, -0.2) is 45.8 Å². The van der Waals surface area contributed by atoms with E-state index in [1.54, 1.807) is 0 Å². The Labute approximate surface area is 135 Å². The van der Waals surface area contributed by atoms with Gasteiger partial charge in [-0.05, 0) is 25.0 Å². The molecule has 1 unspecified atom stereocenters. The first-order valence-electron chi connectivity index (χ1n) is 7.07. The van der Waals surface area contributed by atoms with Crippen LogP contribution in [0.3, 0.4) is 0 Å². The van der Waals surface area contributed by atoms with Crippen molar-refractivity contribution in [2.24, 2.45) is 0 Å². The van der Waals surface area contributed by atoms with Gasteiger partial charge in [-0.1, -0.05) is 18.2 Å². The fraction of sp³-hybridized carbons (Fsp3) is 0.467. The van der Waals surface area contributed by atoms with E-state index in [1.165, 1.54) is 4.90 Å². The van der Waals surface area contributed by atoms with Gasteiger partial charge in [-0.25, -0.2) is 0 Å². The van der Waals surface area contributed by atoms with Crippen molar-refractivity contribution in [3.05, 3.63) is 29.3 Å². The Hall–Kier alpha value is -1.93. The summed E-state index contributed by atoms with van der Waals surface area (Å²) in [5.74, 6) is -0.917. The van der Waals surface area contributed by atoms with Crippen molar-refractivity contribution < 1.29 is 26.9 Å². The monoisotopic (exact) mass is 341 g/mol. The molecule has 2 rings (SSSR count). The number of hydrogen-bond donors (Lipinski definition) is 0. The number of hydrogen-bond acceptors (Lipinski definition) is 6. The maximum absolute atomic E-state index is 12.6. The van der Waals surface area contributed by atoms with Crippen LogP contribution in [0.2, 0.25) is 0 Å². The molecular formula is C15H19NO6S. The summed E-state index contributed by atoms with van der Waals surface area (Å²) in [6.07, 6.45) is 0.949. The minimum absolute atomic E-state index is 0.0678. The van der Waals surface area contributed by atoms with Crippen molar-refractivity contribution in [2.45, 2.75) is 26.3 Å². The molecule has 0 aromatic heterocycles.